The summed E-state index contributed by atoms with van der Waals surface area (Å²) in [5, 5.41) is 4.60. The number of hydrogen-bond donors (Lipinski definition) is 0. The fourth-order valence-corrected chi connectivity index (χ4v) is 2.92. The van der Waals surface area contributed by atoms with E-state index in [9.17, 15) is 0 Å². The summed E-state index contributed by atoms with van der Waals surface area (Å²) >= 11 is 0. The third-order valence-corrected chi connectivity index (χ3v) is 3.94. The molecule has 0 aliphatic heterocycles. The van der Waals surface area contributed by atoms with Crippen LogP contribution in [0.3, 0.4) is 0 Å². The number of para-hydroxylation sites is 2. The van der Waals surface area contributed by atoms with E-state index in [-0.39, 0.29) is 0 Å². The quantitative estimate of drug-likeness (QED) is 0.584. The van der Waals surface area contributed by atoms with E-state index in [2.05, 4.69) is 33.7 Å². The summed E-state index contributed by atoms with van der Waals surface area (Å²) in [6.07, 6.45) is 5.70. The Morgan fingerprint density at radius 3 is 2.70 bits per heavy atom. The van der Waals surface area contributed by atoms with E-state index < -0.39 is 0 Å². The Labute approximate surface area is 134 Å². The van der Waals surface area contributed by atoms with Gasteiger partial charge >= 0.3 is 0 Å². The Hall–Kier alpha value is -2.95. The van der Waals surface area contributed by atoms with Gasteiger partial charge in [0.1, 0.15) is 5.69 Å². The minimum absolute atomic E-state index is 0.722. The van der Waals surface area contributed by atoms with Crippen molar-refractivity contribution in [3.05, 3.63) is 66.1 Å². The van der Waals surface area contributed by atoms with Crippen LogP contribution in [-0.4, -0.2) is 24.3 Å². The normalized spacial score (nSPS) is 11.2. The van der Waals surface area contributed by atoms with Crippen LogP contribution in [0.4, 0.5) is 0 Å². The first-order chi connectivity index (χ1) is 11.2. The Balaban J connectivity index is 1.93. The number of imidazole rings is 1. The Morgan fingerprint density at radius 1 is 1.09 bits per heavy atom. The van der Waals surface area contributed by atoms with Gasteiger partial charge in [0.2, 0.25) is 0 Å². The molecule has 0 spiro atoms. The number of pyridine rings is 1. The molecule has 0 saturated carbocycles. The highest BCUT2D eigenvalue weighted by atomic mass is 15.3. The number of nitrogens with zero attached hydrogens (tertiary/aromatic N) is 5. The molecule has 4 rings (SSSR count). The molecule has 0 aliphatic carbocycles. The van der Waals surface area contributed by atoms with Crippen LogP contribution in [0.2, 0.25) is 0 Å². The Morgan fingerprint density at radius 2 is 1.96 bits per heavy atom. The molecule has 0 fully saturated rings. The van der Waals surface area contributed by atoms with Gasteiger partial charge in [-0.05, 0) is 36.2 Å². The first kappa shape index (κ1) is 13.7. The molecule has 0 saturated heterocycles. The van der Waals surface area contributed by atoms with Crippen LogP contribution in [0.1, 0.15) is 11.1 Å². The summed E-state index contributed by atoms with van der Waals surface area (Å²) in [7, 11) is 1.94. The fourth-order valence-electron chi connectivity index (χ4n) is 2.92. The lowest BCUT2D eigenvalue weighted by molar-refractivity contribution is 0.760. The lowest BCUT2D eigenvalue weighted by atomic mass is 10.2. The maximum Gasteiger partial charge on any atom is 0.162 e. The van der Waals surface area contributed by atoms with Gasteiger partial charge in [-0.3, -0.25) is 9.67 Å². The molecule has 4 aromatic rings. The minimum atomic E-state index is 0.722. The molecule has 5 heteroatoms. The van der Waals surface area contributed by atoms with Crippen LogP contribution in [0.5, 0.6) is 0 Å². The van der Waals surface area contributed by atoms with Crippen molar-refractivity contribution in [2.24, 2.45) is 7.05 Å². The predicted molar refractivity (Wildman–Crippen MR) is 90.0 cm³/mol. The van der Waals surface area contributed by atoms with Gasteiger partial charge in [-0.25, -0.2) is 4.98 Å². The highest BCUT2D eigenvalue weighted by Crippen LogP contribution is 2.26. The van der Waals surface area contributed by atoms with Gasteiger partial charge in [-0.15, -0.1) is 0 Å². The molecule has 114 valence electrons. The molecule has 0 amide bonds. The molecule has 0 bridgehead atoms. The van der Waals surface area contributed by atoms with Crippen molar-refractivity contribution in [3.8, 4) is 11.5 Å². The standard InChI is InChI=1S/C18H17N5/c1-13-11-22(2)21-17(13)18-20-15-7-3-4-8-16(15)23(18)12-14-6-5-9-19-10-14/h3-11H,12H2,1-2H3. The average molecular weight is 303 g/mol. The van der Waals surface area contributed by atoms with E-state index in [1.165, 1.54) is 0 Å². The van der Waals surface area contributed by atoms with Crippen LogP contribution in [0.15, 0.2) is 55.0 Å². The zero-order valence-corrected chi connectivity index (χ0v) is 13.1. The maximum absolute atomic E-state index is 4.82. The van der Waals surface area contributed by atoms with Gasteiger partial charge in [0.05, 0.1) is 17.6 Å². The predicted octanol–water partition coefficient (Wildman–Crippen LogP) is 3.19. The maximum atomic E-state index is 4.82. The lowest BCUT2D eigenvalue weighted by Crippen LogP contribution is -2.03. The number of fused-ring (bicyclic) bond motifs is 1. The van der Waals surface area contributed by atoms with Gasteiger partial charge in [0.15, 0.2) is 5.82 Å². The number of benzene rings is 1. The zero-order chi connectivity index (χ0) is 15.8. The largest absolute Gasteiger partial charge is 0.318 e. The highest BCUT2D eigenvalue weighted by Gasteiger charge is 2.17. The van der Waals surface area contributed by atoms with Gasteiger partial charge in [0.25, 0.3) is 0 Å². The van der Waals surface area contributed by atoms with E-state index in [1.54, 1.807) is 6.20 Å². The first-order valence-electron chi connectivity index (χ1n) is 7.57. The second-order valence-corrected chi connectivity index (χ2v) is 5.71. The highest BCUT2D eigenvalue weighted by molar-refractivity contribution is 5.80. The molecule has 23 heavy (non-hydrogen) atoms. The van der Waals surface area contributed by atoms with E-state index in [0.29, 0.717) is 0 Å². The summed E-state index contributed by atoms with van der Waals surface area (Å²) in [6.45, 7) is 2.79. The smallest absolute Gasteiger partial charge is 0.162 e. The van der Waals surface area contributed by atoms with Crippen molar-refractivity contribution in [3.63, 3.8) is 0 Å². The van der Waals surface area contributed by atoms with Crippen LogP contribution >= 0.6 is 0 Å². The van der Waals surface area contributed by atoms with E-state index in [0.717, 1.165) is 40.2 Å². The topological polar surface area (TPSA) is 48.5 Å². The summed E-state index contributed by atoms with van der Waals surface area (Å²) in [4.78, 5) is 9.04. The first-order valence-corrected chi connectivity index (χ1v) is 7.57. The van der Waals surface area contributed by atoms with Crippen molar-refractivity contribution in [1.29, 1.82) is 0 Å². The minimum Gasteiger partial charge on any atom is -0.318 e. The molecule has 3 heterocycles. The molecule has 0 radical (unpaired) electrons. The van der Waals surface area contributed by atoms with Gasteiger partial charge in [0, 0.05) is 25.6 Å². The molecule has 0 N–H and O–H groups in total. The van der Waals surface area contributed by atoms with Crippen molar-refractivity contribution in [2.45, 2.75) is 13.5 Å². The van der Waals surface area contributed by atoms with E-state index in [4.69, 9.17) is 4.98 Å². The van der Waals surface area contributed by atoms with Crippen molar-refractivity contribution >= 4 is 11.0 Å². The average Bonchev–Trinajstić information content (AvgIpc) is 3.08. The van der Waals surface area contributed by atoms with Gasteiger partial charge in [-0.1, -0.05) is 18.2 Å². The van der Waals surface area contributed by atoms with Crippen LogP contribution in [-0.2, 0) is 13.6 Å². The Kier molecular flexibility index (Phi) is 3.19. The molecule has 0 aliphatic rings. The number of aromatic nitrogens is 5. The summed E-state index contributed by atoms with van der Waals surface area (Å²) in [5.74, 6) is 0.896. The summed E-state index contributed by atoms with van der Waals surface area (Å²) in [5.41, 5.74) is 5.28. The third kappa shape index (κ3) is 2.40. The Bertz CT molecular complexity index is 966. The van der Waals surface area contributed by atoms with Crippen molar-refractivity contribution < 1.29 is 0 Å². The molecule has 0 atom stereocenters. The number of hydrogen-bond acceptors (Lipinski definition) is 3. The monoisotopic (exact) mass is 303 g/mol. The molecule has 0 unspecified atom stereocenters. The van der Waals surface area contributed by atoms with Crippen molar-refractivity contribution in [1.82, 2.24) is 24.3 Å². The molecule has 1 aromatic carbocycles. The van der Waals surface area contributed by atoms with E-state index in [1.807, 2.05) is 48.4 Å². The van der Waals surface area contributed by atoms with E-state index >= 15 is 0 Å². The third-order valence-electron chi connectivity index (χ3n) is 3.94. The zero-order valence-electron chi connectivity index (χ0n) is 13.1. The number of rotatable bonds is 3. The number of aryl methyl sites for hydroxylation is 2. The SMILES string of the molecule is Cc1cn(C)nc1-c1nc2ccccc2n1Cc1cccnc1. The second-order valence-electron chi connectivity index (χ2n) is 5.71. The molecule has 5 nitrogen and oxygen atoms in total. The van der Waals surface area contributed by atoms with Gasteiger partial charge in [-0.2, -0.15) is 5.10 Å². The lowest BCUT2D eigenvalue weighted by Gasteiger charge is -2.08. The molecular weight excluding hydrogens is 286 g/mol. The summed E-state index contributed by atoms with van der Waals surface area (Å²) in [6, 6.07) is 12.2. The van der Waals surface area contributed by atoms with Crippen LogP contribution < -0.4 is 0 Å². The van der Waals surface area contributed by atoms with Crippen molar-refractivity contribution in [2.75, 3.05) is 0 Å². The molecule has 3 aromatic heterocycles. The van der Waals surface area contributed by atoms with Gasteiger partial charge < -0.3 is 4.57 Å². The van der Waals surface area contributed by atoms with Crippen LogP contribution in [0.25, 0.3) is 22.6 Å². The van der Waals surface area contributed by atoms with Crippen LogP contribution in [0, 0.1) is 6.92 Å². The second kappa shape index (κ2) is 5.35. The summed E-state index contributed by atoms with van der Waals surface area (Å²) < 4.78 is 4.04. The molecular formula is C18H17N5. The fraction of sp³-hybridized carbons (Fsp3) is 0.167.